The van der Waals surface area contributed by atoms with Crippen LogP contribution >= 0.6 is 0 Å². The molecule has 0 heterocycles. The molecule has 1 atom stereocenters. The van der Waals surface area contributed by atoms with E-state index >= 15 is 0 Å². The Labute approximate surface area is 176 Å². The van der Waals surface area contributed by atoms with E-state index < -0.39 is 21.4 Å². The fourth-order valence-electron chi connectivity index (χ4n) is 2.84. The monoisotopic (exact) mass is 431 g/mol. The van der Waals surface area contributed by atoms with Crippen LogP contribution in [-0.2, 0) is 15.6 Å². The summed E-state index contributed by atoms with van der Waals surface area (Å²) in [6.45, 7) is 12.2. The fraction of sp³-hybridized carbons (Fsp3) is 0.727. The number of benzene rings is 1. The van der Waals surface area contributed by atoms with Gasteiger partial charge in [-0.1, -0.05) is 54.0 Å². The third-order valence-corrected chi connectivity index (χ3v) is 6.21. The summed E-state index contributed by atoms with van der Waals surface area (Å²) in [5, 5.41) is 11.0. The molecule has 5 nitrogen and oxygen atoms in total. The maximum Gasteiger partial charge on any atom is 0.211 e. The summed E-state index contributed by atoms with van der Waals surface area (Å²) in [5.74, 6) is -0.191. The second-order valence-corrected chi connectivity index (χ2v) is 11.3. The van der Waals surface area contributed by atoms with Crippen LogP contribution < -0.4 is 9.46 Å². The third kappa shape index (κ3) is 9.45. The number of unbranched alkanes of at least 4 members (excludes halogenated alkanes) is 1. The lowest BCUT2D eigenvalue weighted by Crippen LogP contribution is -2.41. The molecule has 2 N–H and O–H groups in total. The van der Waals surface area contributed by atoms with Crippen molar-refractivity contribution in [3.63, 3.8) is 0 Å². The molecule has 0 radical (unpaired) electrons. The van der Waals surface area contributed by atoms with Crippen molar-refractivity contribution >= 4 is 10.0 Å². The van der Waals surface area contributed by atoms with E-state index in [1.54, 1.807) is 6.92 Å². The number of nitrogens with one attached hydrogen (secondary N) is 1. The molecule has 7 heteroatoms. The van der Waals surface area contributed by atoms with Crippen molar-refractivity contribution in [3.05, 3.63) is 29.6 Å². The van der Waals surface area contributed by atoms with Crippen molar-refractivity contribution in [1.29, 1.82) is 0 Å². The van der Waals surface area contributed by atoms with E-state index in [4.69, 9.17) is 4.74 Å². The molecule has 0 aliphatic rings. The molecular formula is C22H38FNO4S. The van der Waals surface area contributed by atoms with Crippen LogP contribution in [0.4, 0.5) is 4.39 Å². The molecule has 29 heavy (non-hydrogen) atoms. The summed E-state index contributed by atoms with van der Waals surface area (Å²) in [4.78, 5) is 0. The predicted molar refractivity (Wildman–Crippen MR) is 116 cm³/mol. The molecule has 0 saturated heterocycles. The minimum absolute atomic E-state index is 0.0229. The van der Waals surface area contributed by atoms with Crippen LogP contribution in [0, 0.1) is 17.2 Å². The Morgan fingerprint density at radius 2 is 1.86 bits per heavy atom. The van der Waals surface area contributed by atoms with E-state index in [1.165, 1.54) is 18.2 Å². The smallest absolute Gasteiger partial charge is 0.211 e. The van der Waals surface area contributed by atoms with Crippen LogP contribution in [0.5, 0.6) is 5.75 Å². The van der Waals surface area contributed by atoms with Crippen LogP contribution in [0.15, 0.2) is 18.2 Å². The van der Waals surface area contributed by atoms with Gasteiger partial charge in [-0.2, -0.15) is 0 Å². The lowest BCUT2D eigenvalue weighted by molar-refractivity contribution is 0.0376. The van der Waals surface area contributed by atoms with Gasteiger partial charge in [0, 0.05) is 6.54 Å². The molecular weight excluding hydrogens is 393 g/mol. The lowest BCUT2D eigenvalue weighted by atomic mass is 9.90. The van der Waals surface area contributed by atoms with Gasteiger partial charge in [-0.05, 0) is 48.3 Å². The van der Waals surface area contributed by atoms with Crippen LogP contribution in [0.25, 0.3) is 0 Å². The molecule has 0 aliphatic carbocycles. The van der Waals surface area contributed by atoms with Gasteiger partial charge in [0.25, 0.3) is 0 Å². The third-order valence-electron chi connectivity index (χ3n) is 4.80. The van der Waals surface area contributed by atoms with E-state index in [0.717, 1.165) is 12.8 Å². The van der Waals surface area contributed by atoms with Crippen molar-refractivity contribution in [1.82, 2.24) is 4.72 Å². The molecule has 0 bridgehead atoms. The molecule has 168 valence electrons. The molecule has 1 rings (SSSR count). The van der Waals surface area contributed by atoms with Crippen LogP contribution in [0.1, 0.15) is 72.8 Å². The minimum atomic E-state index is -3.51. The van der Waals surface area contributed by atoms with Crippen molar-refractivity contribution in [3.8, 4) is 5.75 Å². The van der Waals surface area contributed by atoms with Crippen LogP contribution in [0.2, 0.25) is 0 Å². The molecule has 0 saturated carbocycles. The predicted octanol–water partition coefficient (Wildman–Crippen LogP) is 4.59. The first kappa shape index (κ1) is 25.9. The standard InChI is InChI=1S/C22H38FNO4S/c1-7-22(25,16-24-29(26,27)13-9-8-12-21(4,5)6)18-10-11-19(23)20(14-18)28-15-17(2)3/h10-11,14,17,24-25H,7-9,12-13,15-16H2,1-6H3/t22-/m1/s1. The summed E-state index contributed by atoms with van der Waals surface area (Å²) in [6, 6.07) is 4.17. The van der Waals surface area contributed by atoms with E-state index in [2.05, 4.69) is 25.5 Å². The highest BCUT2D eigenvalue weighted by atomic mass is 32.2. The highest BCUT2D eigenvalue weighted by Crippen LogP contribution is 2.30. The molecule has 0 unspecified atom stereocenters. The van der Waals surface area contributed by atoms with Gasteiger partial charge in [0.05, 0.1) is 12.4 Å². The molecule has 0 amide bonds. The zero-order valence-corrected chi connectivity index (χ0v) is 19.5. The average Bonchev–Trinajstić information content (AvgIpc) is 2.62. The number of rotatable bonds is 12. The number of sulfonamides is 1. The summed E-state index contributed by atoms with van der Waals surface area (Å²) >= 11 is 0. The number of hydrogen-bond donors (Lipinski definition) is 2. The number of ether oxygens (including phenoxy) is 1. The SMILES string of the molecule is CC[C@@](O)(CNS(=O)(=O)CCCCC(C)(C)C)c1ccc(F)c(OCC(C)C)c1. The van der Waals surface area contributed by atoms with Gasteiger partial charge in [0.15, 0.2) is 11.6 Å². The Morgan fingerprint density at radius 1 is 1.21 bits per heavy atom. The first-order chi connectivity index (χ1) is 13.3. The Balaban J connectivity index is 2.78. The average molecular weight is 432 g/mol. The van der Waals surface area contributed by atoms with Gasteiger partial charge in [-0.25, -0.2) is 17.5 Å². The van der Waals surface area contributed by atoms with Gasteiger partial charge in [0.2, 0.25) is 10.0 Å². The van der Waals surface area contributed by atoms with Gasteiger partial charge in [0.1, 0.15) is 5.60 Å². The Kier molecular flexibility index (Phi) is 9.57. The second-order valence-electron chi connectivity index (χ2n) is 9.39. The largest absolute Gasteiger partial charge is 0.490 e. The molecule has 0 fully saturated rings. The first-order valence-electron chi connectivity index (χ1n) is 10.4. The van der Waals surface area contributed by atoms with E-state index in [-0.39, 0.29) is 35.8 Å². The highest BCUT2D eigenvalue weighted by molar-refractivity contribution is 7.89. The molecule has 0 aromatic heterocycles. The molecule has 0 aliphatic heterocycles. The zero-order chi connectivity index (χ0) is 22.3. The van der Waals surface area contributed by atoms with Crippen molar-refractivity contribution in [2.45, 2.75) is 72.8 Å². The fourth-order valence-corrected chi connectivity index (χ4v) is 4.03. The Hall–Kier alpha value is -1.18. The van der Waals surface area contributed by atoms with Crippen molar-refractivity contribution in [2.75, 3.05) is 18.9 Å². The Morgan fingerprint density at radius 3 is 2.41 bits per heavy atom. The number of aliphatic hydroxyl groups is 1. The number of halogens is 1. The summed E-state index contributed by atoms with van der Waals surface area (Å²) in [6.07, 6.45) is 2.63. The first-order valence-corrected chi connectivity index (χ1v) is 12.1. The highest BCUT2D eigenvalue weighted by Gasteiger charge is 2.30. The number of hydrogen-bond acceptors (Lipinski definition) is 4. The van der Waals surface area contributed by atoms with Gasteiger partial charge < -0.3 is 9.84 Å². The summed E-state index contributed by atoms with van der Waals surface area (Å²) in [5.41, 5.74) is -0.838. The van der Waals surface area contributed by atoms with E-state index in [0.29, 0.717) is 18.6 Å². The van der Waals surface area contributed by atoms with E-state index in [9.17, 15) is 17.9 Å². The Bertz CT molecular complexity index is 744. The summed E-state index contributed by atoms with van der Waals surface area (Å²) < 4.78 is 46.7. The quantitative estimate of drug-likeness (QED) is 0.475. The van der Waals surface area contributed by atoms with Crippen molar-refractivity contribution < 1.29 is 22.7 Å². The van der Waals surface area contributed by atoms with Crippen LogP contribution in [0.3, 0.4) is 0 Å². The van der Waals surface area contributed by atoms with E-state index in [1.807, 2.05) is 13.8 Å². The van der Waals surface area contributed by atoms with Crippen molar-refractivity contribution in [2.24, 2.45) is 11.3 Å². The summed E-state index contributed by atoms with van der Waals surface area (Å²) in [7, 11) is -3.51. The lowest BCUT2D eigenvalue weighted by Gasteiger charge is -2.28. The van der Waals surface area contributed by atoms with Gasteiger partial charge in [-0.3, -0.25) is 0 Å². The van der Waals surface area contributed by atoms with Crippen LogP contribution in [-0.4, -0.2) is 32.4 Å². The maximum atomic E-state index is 14.0. The minimum Gasteiger partial charge on any atom is -0.490 e. The molecule has 1 aromatic rings. The molecule has 1 aromatic carbocycles. The van der Waals surface area contributed by atoms with Gasteiger partial charge in [-0.15, -0.1) is 0 Å². The normalized spacial score (nSPS) is 14.8. The zero-order valence-electron chi connectivity index (χ0n) is 18.7. The van der Waals surface area contributed by atoms with Gasteiger partial charge >= 0.3 is 0 Å². The maximum absolute atomic E-state index is 14.0. The topological polar surface area (TPSA) is 75.6 Å². The second kappa shape index (κ2) is 10.7. The molecule has 0 spiro atoms.